The van der Waals surface area contributed by atoms with Crippen LogP contribution in [0.4, 0.5) is 0 Å². The fraction of sp³-hybridized carbons (Fsp3) is 0. The average molecular weight is 512 g/mol. The molecule has 0 aliphatic rings. The minimum atomic E-state index is 0. The summed E-state index contributed by atoms with van der Waals surface area (Å²) >= 11 is 0. The topological polar surface area (TPSA) is 25.8 Å². The third kappa shape index (κ3) is 4.32. The molecule has 0 N–H and O–H groups in total. The van der Waals surface area contributed by atoms with Crippen LogP contribution in [0.1, 0.15) is 11.3 Å². The summed E-state index contributed by atoms with van der Waals surface area (Å²) in [6.45, 7) is 0. The second kappa shape index (κ2) is 8.66. The molecule has 0 fully saturated rings. The molecule has 0 spiro atoms. The van der Waals surface area contributed by atoms with Gasteiger partial charge in [-0.15, -0.1) is 71.3 Å². The summed E-state index contributed by atoms with van der Waals surface area (Å²) in [6.07, 6.45) is 3.82. The number of aromatic nitrogens is 2. The van der Waals surface area contributed by atoms with E-state index in [2.05, 4.69) is 17.1 Å². The molecule has 2 aromatic carbocycles. The molecule has 4 aromatic rings. The van der Waals surface area contributed by atoms with Gasteiger partial charge in [0.1, 0.15) is 0 Å². The Morgan fingerprint density at radius 2 is 1.54 bits per heavy atom. The summed E-state index contributed by atoms with van der Waals surface area (Å²) in [5.74, 6) is 0. The smallest absolute Gasteiger partial charge is 0.0365 e. The fourth-order valence-electron chi connectivity index (χ4n) is 2.64. The van der Waals surface area contributed by atoms with E-state index in [1.165, 1.54) is 0 Å². The van der Waals surface area contributed by atoms with Crippen LogP contribution in [0.3, 0.4) is 0 Å². The zero-order valence-corrected chi connectivity index (χ0v) is 16.3. The molecule has 0 saturated carbocycles. The molecule has 0 aliphatic heterocycles. The molecule has 0 unspecified atom stereocenters. The van der Waals surface area contributed by atoms with Gasteiger partial charge in [-0.3, -0.25) is 0 Å². The largest absolute Gasteiger partial charge is 0.305 e. The van der Waals surface area contributed by atoms with Crippen LogP contribution in [-0.2, 0) is 20.1 Å². The van der Waals surface area contributed by atoms with Gasteiger partial charge in [-0.2, -0.15) is 0 Å². The average Bonchev–Trinajstić information content (AvgIpc) is 2.70. The van der Waals surface area contributed by atoms with E-state index in [1.807, 2.05) is 85.3 Å². The molecule has 128 valence electrons. The van der Waals surface area contributed by atoms with E-state index in [9.17, 15) is 0 Å². The molecule has 2 heterocycles. The summed E-state index contributed by atoms with van der Waals surface area (Å²) in [5.41, 5.74) is 5.66. The Kier molecular flexibility index (Phi) is 6.06. The first-order chi connectivity index (χ1) is 12.4. The molecule has 4 rings (SSSR count). The Hall–Kier alpha value is -2.61. The molecule has 0 saturated heterocycles. The van der Waals surface area contributed by atoms with Gasteiger partial charge in [0.25, 0.3) is 0 Å². The van der Waals surface area contributed by atoms with Gasteiger partial charge in [-0.25, -0.2) is 0 Å². The van der Waals surface area contributed by atoms with E-state index in [1.54, 1.807) is 6.20 Å². The van der Waals surface area contributed by atoms with Gasteiger partial charge in [-0.05, 0) is 23.5 Å². The molecule has 2 radical (unpaired) electrons. The Labute approximate surface area is 167 Å². The Morgan fingerprint density at radius 3 is 2.35 bits per heavy atom. The van der Waals surface area contributed by atoms with Gasteiger partial charge in [-0.1, -0.05) is 24.3 Å². The second-order valence-electron chi connectivity index (χ2n) is 5.60. The van der Waals surface area contributed by atoms with Gasteiger partial charge < -0.3 is 9.97 Å². The minimum Gasteiger partial charge on any atom is -0.305 e. The van der Waals surface area contributed by atoms with E-state index >= 15 is 0 Å². The fourth-order valence-corrected chi connectivity index (χ4v) is 2.64. The maximum atomic E-state index is 4.72. The van der Waals surface area contributed by atoms with Crippen LogP contribution in [0.5, 0.6) is 0 Å². The Bertz CT molecular complexity index is 888. The predicted octanol–water partition coefficient (Wildman–Crippen LogP) is 5.01. The van der Waals surface area contributed by atoms with Crippen molar-refractivity contribution >= 4 is 0 Å². The number of nitrogens with zero attached hydrogens (tertiary/aromatic N) is 2. The summed E-state index contributed by atoms with van der Waals surface area (Å²) in [7, 11) is 0. The molecule has 0 atom stereocenters. The van der Waals surface area contributed by atoms with Crippen molar-refractivity contribution in [1.29, 1.82) is 0 Å². The molecule has 0 bridgehead atoms. The van der Waals surface area contributed by atoms with Crippen molar-refractivity contribution < 1.29 is 20.1 Å². The van der Waals surface area contributed by atoms with Crippen LogP contribution in [0, 0.1) is 18.6 Å². The van der Waals surface area contributed by atoms with Crippen LogP contribution in [-0.4, -0.2) is 9.97 Å². The summed E-state index contributed by atoms with van der Waals surface area (Å²) < 4.78 is 0. The first-order valence-corrected chi connectivity index (χ1v) is 8.11. The minimum absolute atomic E-state index is 0. The molecule has 2 aromatic heterocycles. The molecule has 0 aliphatic carbocycles. The monoisotopic (exact) mass is 512 g/mol. The Morgan fingerprint density at radius 1 is 0.731 bits per heavy atom. The van der Waals surface area contributed by atoms with Crippen molar-refractivity contribution in [2.24, 2.45) is 0 Å². The van der Waals surface area contributed by atoms with Crippen molar-refractivity contribution in [2.45, 2.75) is 0 Å². The predicted molar refractivity (Wildman–Crippen MR) is 99.5 cm³/mol. The molecule has 26 heavy (non-hydrogen) atoms. The van der Waals surface area contributed by atoms with Crippen LogP contribution in [0.2, 0.25) is 0 Å². The van der Waals surface area contributed by atoms with E-state index in [0.29, 0.717) is 0 Å². The van der Waals surface area contributed by atoms with Crippen molar-refractivity contribution in [2.75, 3.05) is 0 Å². The van der Waals surface area contributed by atoms with Gasteiger partial charge in [0.05, 0.1) is 0 Å². The molecular weight excluding hydrogens is 496 g/mol. The first kappa shape index (κ1) is 18.2. The van der Waals surface area contributed by atoms with Gasteiger partial charge in [0.15, 0.2) is 0 Å². The standard InChI is InChI=1S/C23H15N2.Ir/c1-2-9-19(10-3-1)23-14-7-12-21(25-23)17-18-8-6-11-20(16-18)22-13-4-5-15-24-22;/h1-9,11-15,17H;/q-2;. The van der Waals surface area contributed by atoms with Crippen molar-refractivity contribution in [3.63, 3.8) is 0 Å². The third-order valence-corrected chi connectivity index (χ3v) is 3.82. The summed E-state index contributed by atoms with van der Waals surface area (Å²) in [4.78, 5) is 9.10. The molecular formula is C23H15IrN2-2. The molecule has 0 amide bonds. The van der Waals surface area contributed by atoms with Gasteiger partial charge in [0.2, 0.25) is 0 Å². The summed E-state index contributed by atoms with van der Waals surface area (Å²) in [5, 5.41) is 0. The van der Waals surface area contributed by atoms with Crippen molar-refractivity contribution in [3.8, 4) is 22.5 Å². The van der Waals surface area contributed by atoms with E-state index < -0.39 is 0 Å². The maximum absolute atomic E-state index is 4.72. The van der Waals surface area contributed by atoms with Crippen molar-refractivity contribution in [3.05, 3.63) is 115 Å². The normalized spacial score (nSPS) is 10.2. The van der Waals surface area contributed by atoms with E-state index in [-0.39, 0.29) is 20.1 Å². The van der Waals surface area contributed by atoms with Crippen LogP contribution in [0.25, 0.3) is 22.5 Å². The van der Waals surface area contributed by atoms with E-state index in [0.717, 1.165) is 33.8 Å². The number of pyridine rings is 2. The van der Waals surface area contributed by atoms with Crippen LogP contribution >= 0.6 is 0 Å². The number of hydrogen-bond acceptors (Lipinski definition) is 2. The zero-order chi connectivity index (χ0) is 16.9. The third-order valence-electron chi connectivity index (χ3n) is 3.82. The van der Waals surface area contributed by atoms with Gasteiger partial charge in [0, 0.05) is 38.4 Å². The summed E-state index contributed by atoms with van der Waals surface area (Å²) in [6, 6.07) is 32.4. The quantitative estimate of drug-likeness (QED) is 0.360. The molecule has 3 heteroatoms. The maximum Gasteiger partial charge on any atom is 0.0365 e. The molecule has 2 nitrogen and oxygen atoms in total. The van der Waals surface area contributed by atoms with E-state index in [4.69, 9.17) is 4.98 Å². The second-order valence-corrected chi connectivity index (χ2v) is 5.60. The number of hydrogen-bond donors (Lipinski definition) is 0. The van der Waals surface area contributed by atoms with Gasteiger partial charge >= 0.3 is 0 Å². The SMILES string of the molecule is [Ir].[c-]1c([CH]c2cccc(-c3[c-]cccc3)n2)cccc1-c1ccccn1. The van der Waals surface area contributed by atoms with Crippen LogP contribution < -0.4 is 0 Å². The zero-order valence-electron chi connectivity index (χ0n) is 13.9. The van der Waals surface area contributed by atoms with Crippen LogP contribution in [0.15, 0.2) is 85.1 Å². The number of rotatable bonds is 4. The van der Waals surface area contributed by atoms with Crippen molar-refractivity contribution in [1.82, 2.24) is 9.97 Å². The first-order valence-electron chi connectivity index (χ1n) is 8.11. The Balaban J connectivity index is 0.00000196. The number of benzene rings is 2.